The van der Waals surface area contributed by atoms with E-state index in [0.29, 0.717) is 13.1 Å². The van der Waals surface area contributed by atoms with E-state index in [1.54, 1.807) is 0 Å². The van der Waals surface area contributed by atoms with Gasteiger partial charge in [-0.05, 0) is 31.4 Å². The molecule has 2 rings (SSSR count). The average Bonchev–Trinajstić information content (AvgIpc) is 3.01. The van der Waals surface area contributed by atoms with Crippen molar-refractivity contribution < 1.29 is 9.53 Å². The van der Waals surface area contributed by atoms with Crippen LogP contribution < -0.4 is 16.0 Å². The molecule has 5 nitrogen and oxygen atoms in total. The van der Waals surface area contributed by atoms with Crippen LogP contribution in [0, 0.1) is 0 Å². The number of carbonyl (C=O) groups is 1. The van der Waals surface area contributed by atoms with Crippen molar-refractivity contribution in [1.82, 2.24) is 5.32 Å². The molecule has 3 N–H and O–H groups in total. The van der Waals surface area contributed by atoms with Crippen molar-refractivity contribution in [3.8, 4) is 0 Å². The first-order valence-corrected chi connectivity index (χ1v) is 7.60. The van der Waals surface area contributed by atoms with Crippen molar-refractivity contribution in [1.29, 1.82) is 0 Å². The fraction of sp³-hybridized carbons (Fsp3) is 0.562. The predicted octanol–water partition coefficient (Wildman–Crippen LogP) is 1.14. The number of nitrogens with zero attached hydrogens (tertiary/aromatic N) is 1. The van der Waals surface area contributed by atoms with E-state index in [1.165, 1.54) is 5.69 Å². The molecule has 1 aromatic carbocycles. The van der Waals surface area contributed by atoms with Crippen LogP contribution in [0.25, 0.3) is 0 Å². The van der Waals surface area contributed by atoms with Crippen molar-refractivity contribution in [2.45, 2.75) is 31.5 Å². The molecule has 0 aromatic heterocycles. The van der Waals surface area contributed by atoms with Crippen molar-refractivity contribution in [2.75, 3.05) is 31.6 Å². The summed E-state index contributed by atoms with van der Waals surface area (Å²) < 4.78 is 5.57. The van der Waals surface area contributed by atoms with Gasteiger partial charge in [0.25, 0.3) is 0 Å². The molecule has 1 fully saturated rings. The maximum Gasteiger partial charge on any atom is 0.249 e. The Bertz CT molecular complexity index is 438. The van der Waals surface area contributed by atoms with Gasteiger partial charge in [-0.3, -0.25) is 4.79 Å². The Morgan fingerprint density at radius 1 is 1.38 bits per heavy atom. The molecular weight excluding hydrogens is 266 g/mol. The van der Waals surface area contributed by atoms with E-state index in [4.69, 9.17) is 10.5 Å². The molecule has 5 heteroatoms. The summed E-state index contributed by atoms with van der Waals surface area (Å²) in [5.41, 5.74) is 6.73. The van der Waals surface area contributed by atoms with Crippen molar-refractivity contribution >= 4 is 11.6 Å². The number of anilines is 1. The summed E-state index contributed by atoms with van der Waals surface area (Å²) in [5.74, 6) is -0.00619. The minimum atomic E-state index is -0.314. The van der Waals surface area contributed by atoms with E-state index in [0.717, 1.165) is 25.8 Å². The molecule has 1 aliphatic heterocycles. The Kier molecular flexibility index (Phi) is 6.02. The zero-order valence-corrected chi connectivity index (χ0v) is 12.6. The van der Waals surface area contributed by atoms with Gasteiger partial charge in [0.1, 0.15) is 6.10 Å². The lowest BCUT2D eigenvalue weighted by Crippen LogP contribution is -2.36. The summed E-state index contributed by atoms with van der Waals surface area (Å²) in [6.07, 6.45) is 2.29. The highest BCUT2D eigenvalue weighted by Crippen LogP contribution is 2.18. The molecule has 2 atom stereocenters. The fourth-order valence-corrected chi connectivity index (χ4v) is 2.53. The van der Waals surface area contributed by atoms with Crippen molar-refractivity contribution in [3.63, 3.8) is 0 Å². The Labute approximate surface area is 126 Å². The third-order valence-electron chi connectivity index (χ3n) is 3.83. The number of hydrogen-bond donors (Lipinski definition) is 2. The van der Waals surface area contributed by atoms with Crippen LogP contribution >= 0.6 is 0 Å². The van der Waals surface area contributed by atoms with Gasteiger partial charge in [-0.1, -0.05) is 18.2 Å². The summed E-state index contributed by atoms with van der Waals surface area (Å²) in [5, 5.41) is 2.94. The van der Waals surface area contributed by atoms with Gasteiger partial charge in [-0.2, -0.15) is 0 Å². The highest BCUT2D eigenvalue weighted by Gasteiger charge is 2.29. The molecule has 116 valence electrons. The van der Waals surface area contributed by atoms with Crippen molar-refractivity contribution in [3.05, 3.63) is 30.3 Å². The topological polar surface area (TPSA) is 67.6 Å². The van der Waals surface area contributed by atoms with Gasteiger partial charge in [0, 0.05) is 32.4 Å². The third-order valence-corrected chi connectivity index (χ3v) is 3.83. The number of rotatable bonds is 7. The molecule has 21 heavy (non-hydrogen) atoms. The molecule has 0 aliphatic carbocycles. The summed E-state index contributed by atoms with van der Waals surface area (Å²) in [7, 11) is 2.06. The van der Waals surface area contributed by atoms with Gasteiger partial charge in [0.05, 0.1) is 6.10 Å². The van der Waals surface area contributed by atoms with E-state index in [1.807, 2.05) is 18.2 Å². The lowest BCUT2D eigenvalue weighted by Gasteiger charge is -2.19. The standard InChI is InChI=1S/C16H25N3O2/c1-19(13-6-3-2-4-7-13)11-5-10-18-16(20)15-9-8-14(12-17)21-15/h2-4,6-7,14-15H,5,8-12,17H2,1H3,(H,18,20)/t14-,15+/m1/s1. The smallest absolute Gasteiger partial charge is 0.249 e. The Morgan fingerprint density at radius 2 is 2.14 bits per heavy atom. The van der Waals surface area contributed by atoms with Crippen LogP contribution in [0.3, 0.4) is 0 Å². The van der Waals surface area contributed by atoms with E-state index in [-0.39, 0.29) is 18.1 Å². The predicted molar refractivity (Wildman–Crippen MR) is 84.3 cm³/mol. The molecule has 1 heterocycles. The number of nitrogens with one attached hydrogen (secondary N) is 1. The van der Waals surface area contributed by atoms with Gasteiger partial charge in [0.2, 0.25) is 5.91 Å². The van der Waals surface area contributed by atoms with E-state index in [2.05, 4.69) is 29.4 Å². The number of benzene rings is 1. The van der Waals surface area contributed by atoms with Gasteiger partial charge in [-0.25, -0.2) is 0 Å². The number of para-hydroxylation sites is 1. The minimum absolute atomic E-state index is 0.00619. The number of hydrogen-bond acceptors (Lipinski definition) is 4. The third kappa shape index (κ3) is 4.72. The van der Waals surface area contributed by atoms with E-state index >= 15 is 0 Å². The first-order chi connectivity index (χ1) is 10.2. The van der Waals surface area contributed by atoms with Gasteiger partial charge >= 0.3 is 0 Å². The Morgan fingerprint density at radius 3 is 2.81 bits per heavy atom. The summed E-state index contributed by atoms with van der Waals surface area (Å²) in [4.78, 5) is 14.1. The Hall–Kier alpha value is -1.59. The second-order valence-corrected chi connectivity index (χ2v) is 5.46. The van der Waals surface area contributed by atoms with Gasteiger partial charge in [0.15, 0.2) is 0 Å². The molecule has 1 aliphatic rings. The zero-order chi connectivity index (χ0) is 15.1. The summed E-state index contributed by atoms with van der Waals surface area (Å²) in [6.45, 7) is 2.07. The monoisotopic (exact) mass is 291 g/mol. The maximum atomic E-state index is 11.9. The first-order valence-electron chi connectivity index (χ1n) is 7.60. The van der Waals surface area contributed by atoms with Gasteiger partial charge in [-0.15, -0.1) is 0 Å². The molecule has 0 unspecified atom stereocenters. The molecule has 1 amide bonds. The molecule has 1 saturated heterocycles. The van der Waals surface area contributed by atoms with E-state index in [9.17, 15) is 4.79 Å². The highest BCUT2D eigenvalue weighted by atomic mass is 16.5. The Balaban J connectivity index is 1.62. The van der Waals surface area contributed by atoms with Crippen LogP contribution in [-0.4, -0.2) is 44.8 Å². The molecular formula is C16H25N3O2. The van der Waals surface area contributed by atoms with Crippen molar-refractivity contribution in [2.24, 2.45) is 5.73 Å². The highest BCUT2D eigenvalue weighted by molar-refractivity contribution is 5.80. The maximum absolute atomic E-state index is 11.9. The van der Waals surface area contributed by atoms with Crippen LogP contribution in [0.5, 0.6) is 0 Å². The second-order valence-electron chi connectivity index (χ2n) is 5.46. The average molecular weight is 291 g/mol. The number of nitrogens with two attached hydrogens (primary N) is 1. The zero-order valence-electron chi connectivity index (χ0n) is 12.6. The first kappa shape index (κ1) is 15.8. The molecule has 0 spiro atoms. The second kappa shape index (κ2) is 8.00. The fourth-order valence-electron chi connectivity index (χ4n) is 2.53. The lowest BCUT2D eigenvalue weighted by atomic mass is 10.2. The molecule has 0 bridgehead atoms. The summed E-state index contributed by atoms with van der Waals surface area (Å²) in [6, 6.07) is 10.2. The SMILES string of the molecule is CN(CCCNC(=O)[C@@H]1CC[C@H](CN)O1)c1ccccc1. The number of amides is 1. The molecule has 1 aromatic rings. The summed E-state index contributed by atoms with van der Waals surface area (Å²) >= 11 is 0. The molecule has 0 saturated carbocycles. The number of carbonyl (C=O) groups excluding carboxylic acids is 1. The van der Waals surface area contributed by atoms with Crippen LogP contribution in [0.1, 0.15) is 19.3 Å². The van der Waals surface area contributed by atoms with Crippen LogP contribution in [0.15, 0.2) is 30.3 Å². The largest absolute Gasteiger partial charge is 0.375 e. The minimum Gasteiger partial charge on any atom is -0.375 e. The van der Waals surface area contributed by atoms with E-state index < -0.39 is 0 Å². The lowest BCUT2D eigenvalue weighted by molar-refractivity contribution is -0.131. The van der Waals surface area contributed by atoms with Gasteiger partial charge < -0.3 is 20.7 Å². The van der Waals surface area contributed by atoms with Crippen LogP contribution in [0.4, 0.5) is 5.69 Å². The molecule has 0 radical (unpaired) electrons. The number of ether oxygens (including phenoxy) is 1. The van der Waals surface area contributed by atoms with Crippen LogP contribution in [0.2, 0.25) is 0 Å². The normalized spacial score (nSPS) is 21.2. The van der Waals surface area contributed by atoms with Crippen LogP contribution in [-0.2, 0) is 9.53 Å². The quantitative estimate of drug-likeness (QED) is 0.739.